The van der Waals surface area contributed by atoms with Crippen LogP contribution in [0.4, 0.5) is 0 Å². The summed E-state index contributed by atoms with van der Waals surface area (Å²) in [5, 5.41) is 9.24. The van der Waals surface area contributed by atoms with Crippen molar-refractivity contribution in [3.63, 3.8) is 0 Å². The van der Waals surface area contributed by atoms with Crippen LogP contribution in [0.25, 0.3) is 0 Å². The molecule has 0 aromatic heterocycles. The number of amides is 1. The van der Waals surface area contributed by atoms with Crippen LogP contribution in [0.15, 0.2) is 24.3 Å². The number of methoxy groups -OCH3 is 1. The number of aliphatic hydroxyl groups excluding tert-OH is 1. The number of carbonyl (C=O) groups excluding carboxylic acids is 1. The van der Waals surface area contributed by atoms with Crippen molar-refractivity contribution in [2.24, 2.45) is 0 Å². The summed E-state index contributed by atoms with van der Waals surface area (Å²) in [6, 6.07) is 7.90. The molecule has 4 heteroatoms. The third-order valence-electron chi connectivity index (χ3n) is 4.19. The van der Waals surface area contributed by atoms with Gasteiger partial charge < -0.3 is 14.7 Å². The maximum absolute atomic E-state index is 12.5. The second-order valence-corrected chi connectivity index (χ2v) is 5.63. The molecule has 0 atom stereocenters. The van der Waals surface area contributed by atoms with Crippen LogP contribution in [0.2, 0.25) is 0 Å². The van der Waals surface area contributed by atoms with E-state index in [9.17, 15) is 9.90 Å². The van der Waals surface area contributed by atoms with E-state index in [1.165, 1.54) is 19.3 Å². The van der Waals surface area contributed by atoms with Crippen LogP contribution in [-0.4, -0.2) is 42.2 Å². The number of rotatable bonds is 6. The predicted octanol–water partition coefficient (Wildman–Crippen LogP) is 2.39. The first-order valence-electron chi connectivity index (χ1n) is 7.78. The fourth-order valence-electron chi connectivity index (χ4n) is 3.03. The monoisotopic (exact) mass is 291 g/mol. The van der Waals surface area contributed by atoms with Gasteiger partial charge in [0.15, 0.2) is 0 Å². The zero-order valence-electron chi connectivity index (χ0n) is 12.8. The van der Waals surface area contributed by atoms with Crippen LogP contribution in [-0.2, 0) is 11.2 Å². The molecular weight excluding hydrogens is 266 g/mol. The van der Waals surface area contributed by atoms with Crippen LogP contribution >= 0.6 is 0 Å². The molecule has 116 valence electrons. The van der Waals surface area contributed by atoms with Crippen LogP contribution in [0.3, 0.4) is 0 Å². The SMILES string of the molecule is COc1ccc(CC(=O)N(CCO)C2CCCCC2)cc1. The fourth-order valence-corrected chi connectivity index (χ4v) is 3.03. The Morgan fingerprint density at radius 3 is 2.48 bits per heavy atom. The van der Waals surface area contributed by atoms with Crippen LogP contribution < -0.4 is 4.74 Å². The molecule has 1 N–H and O–H groups in total. The summed E-state index contributed by atoms with van der Waals surface area (Å²) < 4.78 is 5.13. The Bertz CT molecular complexity index is 438. The number of nitrogens with zero attached hydrogens (tertiary/aromatic N) is 1. The van der Waals surface area contributed by atoms with E-state index in [0.29, 0.717) is 19.0 Å². The maximum atomic E-state index is 12.5. The zero-order chi connectivity index (χ0) is 15.1. The summed E-state index contributed by atoms with van der Waals surface area (Å²) in [7, 11) is 1.63. The number of aliphatic hydroxyl groups is 1. The van der Waals surface area contributed by atoms with Crippen LogP contribution in [0.5, 0.6) is 5.75 Å². The molecule has 2 rings (SSSR count). The number of hydrogen-bond donors (Lipinski definition) is 1. The molecule has 1 aromatic carbocycles. The summed E-state index contributed by atoms with van der Waals surface area (Å²) in [6.45, 7) is 0.477. The fraction of sp³-hybridized carbons (Fsp3) is 0.588. The molecule has 0 bridgehead atoms. The molecule has 0 radical (unpaired) electrons. The van der Waals surface area contributed by atoms with Gasteiger partial charge in [0.25, 0.3) is 0 Å². The molecule has 1 aliphatic rings. The van der Waals surface area contributed by atoms with Crippen molar-refractivity contribution in [1.82, 2.24) is 4.90 Å². The van der Waals surface area contributed by atoms with Crippen LogP contribution in [0.1, 0.15) is 37.7 Å². The molecule has 1 fully saturated rings. The van der Waals surface area contributed by atoms with E-state index in [0.717, 1.165) is 24.2 Å². The molecule has 0 saturated heterocycles. The van der Waals surface area contributed by atoms with Gasteiger partial charge in [-0.25, -0.2) is 0 Å². The Kier molecular flexibility index (Phi) is 6.05. The summed E-state index contributed by atoms with van der Waals surface area (Å²) >= 11 is 0. The van der Waals surface area contributed by atoms with Crippen molar-refractivity contribution in [2.75, 3.05) is 20.3 Å². The molecule has 1 aliphatic carbocycles. The van der Waals surface area contributed by atoms with E-state index in [1.807, 2.05) is 29.2 Å². The summed E-state index contributed by atoms with van der Waals surface area (Å²) in [5.41, 5.74) is 0.986. The average molecular weight is 291 g/mol. The van der Waals surface area contributed by atoms with Gasteiger partial charge in [-0.05, 0) is 30.5 Å². The summed E-state index contributed by atoms with van der Waals surface area (Å²) in [4.78, 5) is 14.4. The minimum absolute atomic E-state index is 0.0326. The maximum Gasteiger partial charge on any atom is 0.227 e. The Labute approximate surface area is 126 Å². The third-order valence-corrected chi connectivity index (χ3v) is 4.19. The lowest BCUT2D eigenvalue weighted by Crippen LogP contribution is -2.43. The second-order valence-electron chi connectivity index (χ2n) is 5.63. The number of hydrogen-bond acceptors (Lipinski definition) is 3. The van der Waals surface area contributed by atoms with E-state index in [4.69, 9.17) is 4.74 Å². The van der Waals surface area contributed by atoms with E-state index in [2.05, 4.69) is 0 Å². The van der Waals surface area contributed by atoms with Crippen molar-refractivity contribution < 1.29 is 14.6 Å². The van der Waals surface area contributed by atoms with Gasteiger partial charge in [-0.2, -0.15) is 0 Å². The van der Waals surface area contributed by atoms with E-state index < -0.39 is 0 Å². The first-order chi connectivity index (χ1) is 10.2. The van der Waals surface area contributed by atoms with Crippen molar-refractivity contribution in [1.29, 1.82) is 0 Å². The lowest BCUT2D eigenvalue weighted by atomic mass is 9.93. The number of ether oxygens (including phenoxy) is 1. The first kappa shape index (κ1) is 15.8. The lowest BCUT2D eigenvalue weighted by Gasteiger charge is -2.34. The zero-order valence-corrected chi connectivity index (χ0v) is 12.8. The molecule has 1 amide bonds. The highest BCUT2D eigenvalue weighted by atomic mass is 16.5. The largest absolute Gasteiger partial charge is 0.497 e. The molecular formula is C17H25NO3. The average Bonchev–Trinajstić information content (AvgIpc) is 2.54. The quantitative estimate of drug-likeness (QED) is 0.875. The highest BCUT2D eigenvalue weighted by Crippen LogP contribution is 2.23. The Morgan fingerprint density at radius 1 is 1.24 bits per heavy atom. The normalized spacial score (nSPS) is 15.7. The van der Waals surface area contributed by atoms with E-state index in [-0.39, 0.29) is 12.5 Å². The summed E-state index contributed by atoms with van der Waals surface area (Å²) in [6.07, 6.45) is 6.14. The highest BCUT2D eigenvalue weighted by molar-refractivity contribution is 5.79. The number of carbonyl (C=O) groups is 1. The smallest absolute Gasteiger partial charge is 0.227 e. The van der Waals surface area contributed by atoms with Crippen molar-refractivity contribution in [2.45, 2.75) is 44.6 Å². The molecule has 21 heavy (non-hydrogen) atoms. The Morgan fingerprint density at radius 2 is 1.90 bits per heavy atom. The van der Waals surface area contributed by atoms with Gasteiger partial charge in [-0.15, -0.1) is 0 Å². The molecule has 0 unspecified atom stereocenters. The van der Waals surface area contributed by atoms with Gasteiger partial charge in [-0.1, -0.05) is 31.4 Å². The molecule has 1 aromatic rings. The Hall–Kier alpha value is -1.55. The molecule has 4 nitrogen and oxygen atoms in total. The van der Waals surface area contributed by atoms with Crippen molar-refractivity contribution in [3.8, 4) is 5.75 Å². The topological polar surface area (TPSA) is 49.8 Å². The van der Waals surface area contributed by atoms with Crippen molar-refractivity contribution in [3.05, 3.63) is 29.8 Å². The standard InChI is InChI=1S/C17H25NO3/c1-21-16-9-7-14(8-10-16)13-17(20)18(11-12-19)15-5-3-2-4-6-15/h7-10,15,19H,2-6,11-13H2,1H3. The highest BCUT2D eigenvalue weighted by Gasteiger charge is 2.24. The predicted molar refractivity (Wildman–Crippen MR) is 82.4 cm³/mol. The van der Waals surface area contributed by atoms with Gasteiger partial charge in [0, 0.05) is 12.6 Å². The van der Waals surface area contributed by atoms with Crippen molar-refractivity contribution >= 4 is 5.91 Å². The Balaban J connectivity index is 1.99. The van der Waals surface area contributed by atoms with Gasteiger partial charge in [0.2, 0.25) is 5.91 Å². The van der Waals surface area contributed by atoms with E-state index in [1.54, 1.807) is 7.11 Å². The third kappa shape index (κ3) is 4.46. The lowest BCUT2D eigenvalue weighted by molar-refractivity contribution is -0.134. The van der Waals surface area contributed by atoms with E-state index >= 15 is 0 Å². The minimum Gasteiger partial charge on any atom is -0.497 e. The van der Waals surface area contributed by atoms with Crippen LogP contribution in [0, 0.1) is 0 Å². The molecule has 0 heterocycles. The molecule has 0 aliphatic heterocycles. The summed E-state index contributed by atoms with van der Waals surface area (Å²) in [5.74, 6) is 0.909. The molecule has 0 spiro atoms. The molecule has 1 saturated carbocycles. The second kappa shape index (κ2) is 8.03. The van der Waals surface area contributed by atoms with Gasteiger partial charge in [0.1, 0.15) is 5.75 Å². The van der Waals surface area contributed by atoms with Gasteiger partial charge in [0.05, 0.1) is 20.1 Å². The van der Waals surface area contributed by atoms with Gasteiger partial charge in [-0.3, -0.25) is 4.79 Å². The minimum atomic E-state index is 0.0326. The first-order valence-corrected chi connectivity index (χ1v) is 7.78. The number of benzene rings is 1. The van der Waals surface area contributed by atoms with Gasteiger partial charge >= 0.3 is 0 Å².